The van der Waals surface area contributed by atoms with Gasteiger partial charge >= 0.3 is 5.97 Å². The van der Waals surface area contributed by atoms with Crippen LogP contribution in [0.3, 0.4) is 0 Å². The van der Waals surface area contributed by atoms with Crippen LogP contribution in [0, 0.1) is 3.57 Å². The summed E-state index contributed by atoms with van der Waals surface area (Å²) in [5, 5.41) is 0. The molecule has 5 heteroatoms. The van der Waals surface area contributed by atoms with Gasteiger partial charge in [-0.3, -0.25) is 0 Å². The van der Waals surface area contributed by atoms with Crippen LogP contribution in [0.5, 0.6) is 0 Å². The largest absolute Gasteiger partial charge is 0.461 e. The van der Waals surface area contributed by atoms with Gasteiger partial charge in [-0.1, -0.05) is 0 Å². The molecule has 0 bridgehead atoms. The van der Waals surface area contributed by atoms with Gasteiger partial charge in [-0.05, 0) is 29.5 Å². The fraction of sp³-hybridized carbons (Fsp3) is 0.286. The zero-order valence-corrected chi connectivity index (χ0v) is 8.61. The van der Waals surface area contributed by atoms with E-state index in [1.165, 1.54) is 6.33 Å². The molecular weight excluding hydrogens is 271 g/mol. The molecular formula is C7H7IN2O2. The minimum Gasteiger partial charge on any atom is -0.461 e. The Morgan fingerprint density at radius 2 is 2.50 bits per heavy atom. The molecule has 0 aliphatic heterocycles. The summed E-state index contributed by atoms with van der Waals surface area (Å²) in [6.07, 6.45) is 2.90. The van der Waals surface area contributed by atoms with Gasteiger partial charge in [0, 0.05) is 6.20 Å². The number of aromatic nitrogens is 2. The lowest BCUT2D eigenvalue weighted by molar-refractivity contribution is 0.0518. The van der Waals surface area contributed by atoms with E-state index in [1.807, 2.05) is 22.6 Å². The van der Waals surface area contributed by atoms with Crippen LogP contribution in [0.25, 0.3) is 0 Å². The number of hydrogen-bond donors (Lipinski definition) is 0. The van der Waals surface area contributed by atoms with E-state index in [-0.39, 0.29) is 0 Å². The van der Waals surface area contributed by atoms with Crippen LogP contribution in [0.15, 0.2) is 12.5 Å². The van der Waals surface area contributed by atoms with Gasteiger partial charge in [-0.2, -0.15) is 0 Å². The third-order valence-corrected chi connectivity index (χ3v) is 1.93. The fourth-order valence-electron chi connectivity index (χ4n) is 0.662. The lowest BCUT2D eigenvalue weighted by Crippen LogP contribution is -2.09. The summed E-state index contributed by atoms with van der Waals surface area (Å²) in [6.45, 7) is 2.12. The first-order chi connectivity index (χ1) is 5.75. The Morgan fingerprint density at radius 3 is 3.08 bits per heavy atom. The van der Waals surface area contributed by atoms with Crippen LogP contribution < -0.4 is 0 Å². The molecule has 1 rings (SSSR count). The van der Waals surface area contributed by atoms with E-state index >= 15 is 0 Å². The van der Waals surface area contributed by atoms with Crippen molar-refractivity contribution in [3.63, 3.8) is 0 Å². The van der Waals surface area contributed by atoms with E-state index in [1.54, 1.807) is 13.1 Å². The number of rotatable bonds is 2. The van der Waals surface area contributed by atoms with Crippen molar-refractivity contribution in [2.75, 3.05) is 6.61 Å². The molecule has 0 N–H and O–H groups in total. The Hall–Kier alpha value is -0.720. The number of carbonyl (C=O) groups excluding carboxylic acids is 1. The van der Waals surface area contributed by atoms with Crippen molar-refractivity contribution >= 4 is 28.6 Å². The van der Waals surface area contributed by atoms with E-state index in [4.69, 9.17) is 4.74 Å². The number of ether oxygens (including phenoxy) is 1. The summed E-state index contributed by atoms with van der Waals surface area (Å²) in [4.78, 5) is 18.7. The van der Waals surface area contributed by atoms with Crippen molar-refractivity contribution in [3.05, 3.63) is 21.8 Å². The van der Waals surface area contributed by atoms with Gasteiger partial charge in [0.2, 0.25) is 0 Å². The molecule has 1 aromatic rings. The molecule has 12 heavy (non-hydrogen) atoms. The summed E-state index contributed by atoms with van der Waals surface area (Å²) >= 11 is 1.99. The van der Waals surface area contributed by atoms with Crippen LogP contribution in [0.2, 0.25) is 0 Å². The topological polar surface area (TPSA) is 52.1 Å². The Balaban J connectivity index is 2.87. The van der Waals surface area contributed by atoms with Gasteiger partial charge in [0.25, 0.3) is 0 Å². The highest BCUT2D eigenvalue weighted by Crippen LogP contribution is 2.07. The zero-order valence-electron chi connectivity index (χ0n) is 6.45. The van der Waals surface area contributed by atoms with Gasteiger partial charge in [0.05, 0.1) is 10.2 Å². The molecule has 1 heterocycles. The van der Waals surface area contributed by atoms with Crippen LogP contribution >= 0.6 is 22.6 Å². The maximum atomic E-state index is 11.1. The summed E-state index contributed by atoms with van der Waals surface area (Å²) in [5.74, 6) is -0.399. The average molecular weight is 278 g/mol. The van der Waals surface area contributed by atoms with Gasteiger partial charge in [0.15, 0.2) is 5.69 Å². The quantitative estimate of drug-likeness (QED) is 0.603. The van der Waals surface area contributed by atoms with Crippen LogP contribution in [0.4, 0.5) is 0 Å². The third-order valence-electron chi connectivity index (χ3n) is 1.14. The first-order valence-electron chi connectivity index (χ1n) is 3.38. The number of hydrogen-bond acceptors (Lipinski definition) is 4. The molecule has 0 amide bonds. The minimum absolute atomic E-state index is 0.326. The standard InChI is InChI=1S/C7H7IN2O2/c1-2-12-7(11)6-5(8)3-9-4-10-6/h3-4H,2H2,1H3. The molecule has 0 aromatic carbocycles. The Labute approximate surface area is 83.5 Å². The molecule has 1 aromatic heterocycles. The molecule has 0 aliphatic rings. The van der Waals surface area contributed by atoms with Crippen molar-refractivity contribution in [2.45, 2.75) is 6.92 Å². The Kier molecular flexibility index (Phi) is 3.39. The van der Waals surface area contributed by atoms with E-state index in [2.05, 4.69) is 9.97 Å². The zero-order chi connectivity index (χ0) is 8.97. The molecule has 0 unspecified atom stereocenters. The molecule has 0 fully saturated rings. The van der Waals surface area contributed by atoms with Crippen molar-refractivity contribution in [1.82, 2.24) is 9.97 Å². The second-order valence-electron chi connectivity index (χ2n) is 1.94. The Morgan fingerprint density at radius 1 is 1.75 bits per heavy atom. The van der Waals surface area contributed by atoms with Gasteiger partial charge < -0.3 is 4.74 Å². The molecule has 0 radical (unpaired) electrons. The fourth-order valence-corrected chi connectivity index (χ4v) is 1.18. The predicted molar refractivity (Wildman–Crippen MR) is 50.7 cm³/mol. The van der Waals surface area contributed by atoms with Crippen molar-refractivity contribution in [2.24, 2.45) is 0 Å². The second kappa shape index (κ2) is 4.34. The molecule has 0 saturated carbocycles. The molecule has 0 saturated heterocycles. The molecule has 64 valence electrons. The lowest BCUT2D eigenvalue weighted by atomic mass is 10.4. The van der Waals surface area contributed by atoms with E-state index < -0.39 is 5.97 Å². The molecule has 0 spiro atoms. The van der Waals surface area contributed by atoms with E-state index in [0.717, 1.165) is 0 Å². The summed E-state index contributed by atoms with van der Waals surface area (Å²) < 4.78 is 5.48. The van der Waals surface area contributed by atoms with E-state index in [9.17, 15) is 4.79 Å². The maximum absolute atomic E-state index is 11.1. The van der Waals surface area contributed by atoms with Gasteiger partial charge in [-0.25, -0.2) is 14.8 Å². The van der Waals surface area contributed by atoms with Crippen molar-refractivity contribution in [3.8, 4) is 0 Å². The summed E-state index contributed by atoms with van der Waals surface area (Å²) in [5.41, 5.74) is 0.326. The lowest BCUT2D eigenvalue weighted by Gasteiger charge is -2.00. The van der Waals surface area contributed by atoms with Crippen LogP contribution in [0.1, 0.15) is 17.4 Å². The Bertz CT molecular complexity index is 290. The van der Waals surface area contributed by atoms with Crippen LogP contribution in [-0.4, -0.2) is 22.5 Å². The van der Waals surface area contributed by atoms with Gasteiger partial charge in [-0.15, -0.1) is 0 Å². The smallest absolute Gasteiger partial charge is 0.358 e. The minimum atomic E-state index is -0.399. The maximum Gasteiger partial charge on any atom is 0.358 e. The van der Waals surface area contributed by atoms with Crippen molar-refractivity contribution in [1.29, 1.82) is 0 Å². The number of carbonyl (C=O) groups is 1. The number of halogens is 1. The summed E-state index contributed by atoms with van der Waals surface area (Å²) in [6, 6.07) is 0. The van der Waals surface area contributed by atoms with Crippen LogP contribution in [-0.2, 0) is 4.74 Å². The SMILES string of the molecule is CCOC(=O)c1ncncc1I. The average Bonchev–Trinajstić information content (AvgIpc) is 2.05. The monoisotopic (exact) mass is 278 g/mol. The molecule has 0 atom stereocenters. The summed E-state index contributed by atoms with van der Waals surface area (Å²) in [7, 11) is 0. The van der Waals surface area contributed by atoms with E-state index in [0.29, 0.717) is 15.9 Å². The first-order valence-corrected chi connectivity index (χ1v) is 4.46. The first kappa shape index (κ1) is 9.37. The second-order valence-corrected chi connectivity index (χ2v) is 3.10. The third kappa shape index (κ3) is 2.13. The number of esters is 1. The molecule has 0 aliphatic carbocycles. The predicted octanol–water partition coefficient (Wildman–Crippen LogP) is 1.26. The highest BCUT2D eigenvalue weighted by atomic mass is 127. The number of nitrogens with zero attached hydrogens (tertiary/aromatic N) is 2. The normalized spacial score (nSPS) is 9.50. The van der Waals surface area contributed by atoms with Gasteiger partial charge in [0.1, 0.15) is 6.33 Å². The highest BCUT2D eigenvalue weighted by molar-refractivity contribution is 14.1. The molecule has 4 nitrogen and oxygen atoms in total. The van der Waals surface area contributed by atoms with Crippen molar-refractivity contribution < 1.29 is 9.53 Å². The highest BCUT2D eigenvalue weighted by Gasteiger charge is 2.11.